The van der Waals surface area contributed by atoms with Crippen LogP contribution >= 0.6 is 0 Å². The first kappa shape index (κ1) is 15.8. The number of nitrogens with zero attached hydrogens (tertiary/aromatic N) is 3. The van der Waals surface area contributed by atoms with Gasteiger partial charge in [-0.05, 0) is 12.1 Å². The van der Waals surface area contributed by atoms with Gasteiger partial charge in [0.2, 0.25) is 11.7 Å². The first-order valence-electron chi connectivity index (χ1n) is 7.82. The molecule has 3 N–H and O–H groups in total. The fourth-order valence-electron chi connectivity index (χ4n) is 2.82. The summed E-state index contributed by atoms with van der Waals surface area (Å²) in [5.41, 5.74) is 1.14. The Morgan fingerprint density at radius 2 is 2.08 bits per heavy atom. The maximum absolute atomic E-state index is 12.6. The van der Waals surface area contributed by atoms with Crippen molar-refractivity contribution in [1.29, 1.82) is 0 Å². The van der Waals surface area contributed by atoms with E-state index in [4.69, 9.17) is 4.52 Å². The molecule has 0 atom stereocenters. The van der Waals surface area contributed by atoms with Crippen molar-refractivity contribution in [1.82, 2.24) is 25.3 Å². The molecule has 3 aromatic rings. The second kappa shape index (κ2) is 5.99. The average molecular weight is 354 g/mol. The molecule has 3 amide bonds. The minimum atomic E-state index is -0.517. The highest BCUT2D eigenvalue weighted by atomic mass is 16.5. The minimum absolute atomic E-state index is 0.0478. The van der Waals surface area contributed by atoms with Gasteiger partial charge in [-0.1, -0.05) is 17.3 Å². The van der Waals surface area contributed by atoms with E-state index in [2.05, 4.69) is 26.1 Å². The maximum atomic E-state index is 12.6. The molecular formula is C16H14N6O4. The SMILES string of the molecule is CNC(=O)c1nc(NC(=O)c2noc3ccccc23)c2n1CC(=O)NC2. The Kier molecular flexibility index (Phi) is 3.64. The topological polar surface area (TPSA) is 131 Å². The highest BCUT2D eigenvalue weighted by Gasteiger charge is 2.28. The fourth-order valence-corrected chi connectivity index (χ4v) is 2.82. The molecule has 1 aliphatic heterocycles. The van der Waals surface area contributed by atoms with Crippen LogP contribution in [0.25, 0.3) is 11.0 Å². The van der Waals surface area contributed by atoms with Gasteiger partial charge in [0.05, 0.1) is 17.6 Å². The van der Waals surface area contributed by atoms with E-state index in [9.17, 15) is 14.4 Å². The monoisotopic (exact) mass is 354 g/mol. The molecule has 3 heterocycles. The van der Waals surface area contributed by atoms with Crippen LogP contribution < -0.4 is 16.0 Å². The molecule has 0 saturated carbocycles. The summed E-state index contributed by atoms with van der Waals surface area (Å²) >= 11 is 0. The Hall–Kier alpha value is -3.69. The van der Waals surface area contributed by atoms with Crippen LogP contribution in [0.3, 0.4) is 0 Å². The number of rotatable bonds is 3. The van der Waals surface area contributed by atoms with Crippen LogP contribution in [0.2, 0.25) is 0 Å². The minimum Gasteiger partial charge on any atom is -0.355 e. The third-order valence-electron chi connectivity index (χ3n) is 4.08. The number of benzene rings is 1. The van der Waals surface area contributed by atoms with Crippen LogP contribution in [0.15, 0.2) is 28.8 Å². The number of imidazole rings is 1. The summed E-state index contributed by atoms with van der Waals surface area (Å²) in [6.45, 7) is 0.103. The summed E-state index contributed by atoms with van der Waals surface area (Å²) in [4.78, 5) is 40.5. The Morgan fingerprint density at radius 3 is 2.88 bits per heavy atom. The molecule has 0 unspecified atom stereocenters. The number of hydrogen-bond acceptors (Lipinski definition) is 6. The molecule has 0 spiro atoms. The molecule has 10 nitrogen and oxygen atoms in total. The van der Waals surface area contributed by atoms with Gasteiger partial charge in [0.15, 0.2) is 17.1 Å². The number of para-hydroxylation sites is 1. The van der Waals surface area contributed by atoms with Crippen molar-refractivity contribution in [3.63, 3.8) is 0 Å². The van der Waals surface area contributed by atoms with Crippen molar-refractivity contribution in [2.24, 2.45) is 0 Å². The van der Waals surface area contributed by atoms with Gasteiger partial charge in [0.25, 0.3) is 11.8 Å². The third kappa shape index (κ3) is 2.48. The highest BCUT2D eigenvalue weighted by Crippen LogP contribution is 2.23. The van der Waals surface area contributed by atoms with Crippen LogP contribution in [0.5, 0.6) is 0 Å². The molecule has 4 rings (SSSR count). The molecule has 26 heavy (non-hydrogen) atoms. The summed E-state index contributed by atoms with van der Waals surface area (Å²) in [7, 11) is 1.46. The zero-order chi connectivity index (χ0) is 18.3. The van der Waals surface area contributed by atoms with E-state index in [-0.39, 0.29) is 36.3 Å². The van der Waals surface area contributed by atoms with Crippen molar-refractivity contribution in [3.8, 4) is 0 Å². The molecule has 2 aromatic heterocycles. The van der Waals surface area contributed by atoms with Gasteiger partial charge in [0.1, 0.15) is 6.54 Å². The highest BCUT2D eigenvalue weighted by molar-refractivity contribution is 6.10. The van der Waals surface area contributed by atoms with Crippen LogP contribution in [0, 0.1) is 0 Å². The number of aromatic nitrogens is 3. The van der Waals surface area contributed by atoms with Crippen molar-refractivity contribution >= 4 is 34.5 Å². The summed E-state index contributed by atoms with van der Waals surface area (Å²) in [6, 6.07) is 6.98. The van der Waals surface area contributed by atoms with Crippen LogP contribution in [0.4, 0.5) is 5.82 Å². The number of carbonyl (C=O) groups excluding carboxylic acids is 3. The molecule has 0 saturated heterocycles. The largest absolute Gasteiger partial charge is 0.355 e. The zero-order valence-corrected chi connectivity index (χ0v) is 13.7. The lowest BCUT2D eigenvalue weighted by Gasteiger charge is -2.17. The third-order valence-corrected chi connectivity index (χ3v) is 4.08. The molecule has 1 aliphatic rings. The van der Waals surface area contributed by atoms with E-state index in [1.807, 2.05) is 0 Å². The van der Waals surface area contributed by atoms with Crippen molar-refractivity contribution < 1.29 is 18.9 Å². The number of fused-ring (bicyclic) bond motifs is 2. The molecule has 1 aromatic carbocycles. The Morgan fingerprint density at radius 1 is 1.27 bits per heavy atom. The molecule has 132 valence electrons. The summed E-state index contributed by atoms with van der Waals surface area (Å²) in [5, 5.41) is 12.2. The lowest BCUT2D eigenvalue weighted by Crippen LogP contribution is -2.36. The quantitative estimate of drug-likeness (QED) is 0.618. The number of hydrogen-bond donors (Lipinski definition) is 3. The summed E-state index contributed by atoms with van der Waals surface area (Å²) < 4.78 is 6.62. The number of nitrogens with one attached hydrogen (secondary N) is 3. The van der Waals surface area contributed by atoms with Gasteiger partial charge in [-0.15, -0.1) is 0 Å². The predicted molar refractivity (Wildman–Crippen MR) is 89.4 cm³/mol. The molecule has 10 heteroatoms. The molecule has 0 aliphatic carbocycles. The van der Waals surface area contributed by atoms with E-state index >= 15 is 0 Å². The van der Waals surface area contributed by atoms with Gasteiger partial charge in [0, 0.05) is 7.05 Å². The van der Waals surface area contributed by atoms with Gasteiger partial charge in [-0.2, -0.15) is 0 Å². The standard InChI is InChI=1S/C16H14N6O4/c1-17-16(25)14-19-13(9-6-18-11(23)7-22(9)14)20-15(24)12-8-4-2-3-5-10(8)26-21-12/h2-5H,6-7H2,1H3,(H,17,25)(H,18,23)(H,20,24). The zero-order valence-electron chi connectivity index (χ0n) is 13.7. The average Bonchev–Trinajstić information content (AvgIpc) is 3.22. The second-order valence-corrected chi connectivity index (χ2v) is 5.65. The number of anilines is 1. The molecule has 0 bridgehead atoms. The molecule has 0 radical (unpaired) electrons. The van der Waals surface area contributed by atoms with E-state index in [0.717, 1.165) is 0 Å². The Labute approximate surface area is 146 Å². The lowest BCUT2D eigenvalue weighted by atomic mass is 10.2. The smallest absolute Gasteiger partial charge is 0.287 e. The van der Waals surface area contributed by atoms with Gasteiger partial charge in [-0.25, -0.2) is 4.98 Å². The normalized spacial score (nSPS) is 13.2. The first-order valence-corrected chi connectivity index (χ1v) is 7.82. The Balaban J connectivity index is 1.71. The first-order chi connectivity index (χ1) is 12.6. The van der Waals surface area contributed by atoms with Crippen molar-refractivity contribution in [2.75, 3.05) is 12.4 Å². The Bertz CT molecular complexity index is 1050. The van der Waals surface area contributed by atoms with E-state index in [1.54, 1.807) is 24.3 Å². The van der Waals surface area contributed by atoms with Crippen molar-refractivity contribution in [2.45, 2.75) is 13.1 Å². The predicted octanol–water partition coefficient (Wildman–Crippen LogP) is 0.266. The van der Waals surface area contributed by atoms with Crippen LogP contribution in [-0.4, -0.2) is 39.5 Å². The summed E-state index contributed by atoms with van der Waals surface area (Å²) in [6.07, 6.45) is 0. The van der Waals surface area contributed by atoms with Crippen LogP contribution in [-0.2, 0) is 17.9 Å². The van der Waals surface area contributed by atoms with E-state index in [0.29, 0.717) is 16.7 Å². The van der Waals surface area contributed by atoms with E-state index < -0.39 is 11.8 Å². The van der Waals surface area contributed by atoms with Crippen LogP contribution in [0.1, 0.15) is 26.8 Å². The van der Waals surface area contributed by atoms with Crippen molar-refractivity contribution in [3.05, 3.63) is 41.5 Å². The van der Waals surface area contributed by atoms with Gasteiger partial charge < -0.3 is 25.0 Å². The number of carbonyl (C=O) groups is 3. The molecular weight excluding hydrogens is 340 g/mol. The molecule has 0 fully saturated rings. The fraction of sp³-hybridized carbons (Fsp3) is 0.188. The lowest BCUT2D eigenvalue weighted by molar-refractivity contribution is -0.122. The summed E-state index contributed by atoms with van der Waals surface area (Å²) in [5.74, 6) is -0.955. The number of amides is 3. The second-order valence-electron chi connectivity index (χ2n) is 5.65. The van der Waals surface area contributed by atoms with Gasteiger partial charge >= 0.3 is 0 Å². The van der Waals surface area contributed by atoms with E-state index in [1.165, 1.54) is 11.6 Å². The maximum Gasteiger partial charge on any atom is 0.287 e. The van der Waals surface area contributed by atoms with Gasteiger partial charge in [-0.3, -0.25) is 14.4 Å².